The molecule has 3 rings (SSSR count). The minimum absolute atomic E-state index is 0.0370. The third-order valence-electron chi connectivity index (χ3n) is 4.04. The lowest BCUT2D eigenvalue weighted by Gasteiger charge is -2.34. The summed E-state index contributed by atoms with van der Waals surface area (Å²) < 4.78 is 5.57. The molecule has 5 nitrogen and oxygen atoms in total. The molecule has 1 saturated heterocycles. The SMILES string of the molecule is CCCC1(c2nc(-c3ccc(Cl)cn3)no2)CCCNC1. The average Bonchev–Trinajstić information content (AvgIpc) is 3.00. The van der Waals surface area contributed by atoms with E-state index in [2.05, 4.69) is 27.4 Å². The predicted molar refractivity (Wildman–Crippen MR) is 81.2 cm³/mol. The summed E-state index contributed by atoms with van der Waals surface area (Å²) in [4.78, 5) is 8.84. The molecule has 112 valence electrons. The molecular formula is C15H19ClN4O. The lowest BCUT2D eigenvalue weighted by atomic mass is 9.77. The Bertz CT molecular complexity index is 584. The van der Waals surface area contributed by atoms with E-state index in [0.717, 1.165) is 44.7 Å². The summed E-state index contributed by atoms with van der Waals surface area (Å²) >= 11 is 5.85. The molecule has 0 saturated carbocycles. The van der Waals surface area contributed by atoms with Crippen LogP contribution in [0.3, 0.4) is 0 Å². The minimum atomic E-state index is -0.0370. The van der Waals surface area contributed by atoms with Crippen molar-refractivity contribution >= 4 is 11.6 Å². The van der Waals surface area contributed by atoms with Gasteiger partial charge in [0.25, 0.3) is 0 Å². The van der Waals surface area contributed by atoms with Crippen LogP contribution in [0.15, 0.2) is 22.9 Å². The van der Waals surface area contributed by atoms with E-state index in [-0.39, 0.29) is 5.41 Å². The Morgan fingerprint density at radius 3 is 3.00 bits per heavy atom. The molecule has 1 aliphatic rings. The Morgan fingerprint density at radius 2 is 2.33 bits per heavy atom. The van der Waals surface area contributed by atoms with E-state index < -0.39 is 0 Å². The van der Waals surface area contributed by atoms with Gasteiger partial charge < -0.3 is 9.84 Å². The standard InChI is InChI=1S/C15H19ClN4O/c1-2-6-15(7-3-8-17-10-15)14-19-13(20-21-14)12-5-4-11(16)9-18-12/h4-5,9,17H,2-3,6-8,10H2,1H3. The first-order valence-electron chi connectivity index (χ1n) is 7.40. The molecule has 0 aromatic carbocycles. The average molecular weight is 307 g/mol. The second-order valence-electron chi connectivity index (χ2n) is 5.60. The Kier molecular flexibility index (Phi) is 4.22. The summed E-state index contributed by atoms with van der Waals surface area (Å²) in [6.07, 6.45) is 5.96. The molecule has 0 aliphatic carbocycles. The molecule has 0 spiro atoms. The summed E-state index contributed by atoms with van der Waals surface area (Å²) in [6, 6.07) is 3.59. The molecule has 0 radical (unpaired) electrons. The van der Waals surface area contributed by atoms with Crippen molar-refractivity contribution in [3.05, 3.63) is 29.2 Å². The zero-order valence-corrected chi connectivity index (χ0v) is 12.9. The van der Waals surface area contributed by atoms with Gasteiger partial charge in [0.2, 0.25) is 11.7 Å². The molecule has 1 N–H and O–H groups in total. The number of halogens is 1. The van der Waals surface area contributed by atoms with Gasteiger partial charge >= 0.3 is 0 Å². The third-order valence-corrected chi connectivity index (χ3v) is 4.26. The summed E-state index contributed by atoms with van der Waals surface area (Å²) in [6.45, 7) is 4.15. The van der Waals surface area contributed by atoms with E-state index in [4.69, 9.17) is 16.1 Å². The summed E-state index contributed by atoms with van der Waals surface area (Å²) in [7, 11) is 0. The zero-order valence-electron chi connectivity index (χ0n) is 12.1. The largest absolute Gasteiger partial charge is 0.338 e. The molecule has 21 heavy (non-hydrogen) atoms. The number of aromatic nitrogens is 3. The quantitative estimate of drug-likeness (QED) is 0.939. The Morgan fingerprint density at radius 1 is 1.43 bits per heavy atom. The topological polar surface area (TPSA) is 63.8 Å². The highest BCUT2D eigenvalue weighted by molar-refractivity contribution is 6.30. The second kappa shape index (κ2) is 6.12. The van der Waals surface area contributed by atoms with Crippen LogP contribution in [0.2, 0.25) is 5.02 Å². The Labute approximate surface area is 129 Å². The molecular weight excluding hydrogens is 288 g/mol. The first kappa shape index (κ1) is 14.5. The van der Waals surface area contributed by atoms with Crippen LogP contribution < -0.4 is 5.32 Å². The molecule has 0 bridgehead atoms. The molecule has 1 unspecified atom stereocenters. The highest BCUT2D eigenvalue weighted by Crippen LogP contribution is 2.35. The number of nitrogens with one attached hydrogen (secondary N) is 1. The summed E-state index contributed by atoms with van der Waals surface area (Å²) in [5.74, 6) is 1.26. The van der Waals surface area contributed by atoms with E-state index in [1.165, 1.54) is 0 Å². The van der Waals surface area contributed by atoms with Crippen molar-refractivity contribution in [2.75, 3.05) is 13.1 Å². The van der Waals surface area contributed by atoms with Crippen molar-refractivity contribution in [3.8, 4) is 11.5 Å². The molecule has 1 fully saturated rings. The van der Waals surface area contributed by atoms with Gasteiger partial charge in [0.1, 0.15) is 5.69 Å². The van der Waals surface area contributed by atoms with Gasteiger partial charge in [0.05, 0.1) is 10.4 Å². The van der Waals surface area contributed by atoms with Gasteiger partial charge in [-0.1, -0.05) is 30.1 Å². The highest BCUT2D eigenvalue weighted by atomic mass is 35.5. The van der Waals surface area contributed by atoms with Gasteiger partial charge in [-0.3, -0.25) is 4.98 Å². The number of nitrogens with zero attached hydrogens (tertiary/aromatic N) is 3. The van der Waals surface area contributed by atoms with Crippen LogP contribution in [0.5, 0.6) is 0 Å². The number of hydrogen-bond acceptors (Lipinski definition) is 5. The maximum absolute atomic E-state index is 5.85. The lowest BCUT2D eigenvalue weighted by molar-refractivity contribution is 0.213. The Hall–Kier alpha value is -1.46. The van der Waals surface area contributed by atoms with Crippen molar-refractivity contribution in [2.24, 2.45) is 0 Å². The van der Waals surface area contributed by atoms with Crippen LogP contribution in [-0.2, 0) is 5.41 Å². The van der Waals surface area contributed by atoms with Crippen LogP contribution in [0.25, 0.3) is 11.5 Å². The normalized spacial score (nSPS) is 22.4. The first-order chi connectivity index (χ1) is 10.2. The molecule has 0 amide bonds. The van der Waals surface area contributed by atoms with E-state index in [1.54, 1.807) is 12.3 Å². The van der Waals surface area contributed by atoms with Crippen molar-refractivity contribution in [1.29, 1.82) is 0 Å². The fourth-order valence-electron chi connectivity index (χ4n) is 3.00. The Balaban J connectivity index is 1.90. The summed E-state index contributed by atoms with van der Waals surface area (Å²) in [5, 5.41) is 8.15. The van der Waals surface area contributed by atoms with Gasteiger partial charge in [0, 0.05) is 12.7 Å². The summed E-state index contributed by atoms with van der Waals surface area (Å²) in [5.41, 5.74) is 0.648. The number of pyridine rings is 1. The predicted octanol–water partition coefficient (Wildman–Crippen LogP) is 3.21. The van der Waals surface area contributed by atoms with Gasteiger partial charge in [-0.25, -0.2) is 0 Å². The van der Waals surface area contributed by atoms with Crippen LogP contribution >= 0.6 is 11.6 Å². The van der Waals surface area contributed by atoms with Crippen molar-refractivity contribution in [1.82, 2.24) is 20.4 Å². The van der Waals surface area contributed by atoms with Crippen molar-refractivity contribution < 1.29 is 4.52 Å². The van der Waals surface area contributed by atoms with Crippen molar-refractivity contribution in [3.63, 3.8) is 0 Å². The maximum atomic E-state index is 5.85. The molecule has 2 aromatic rings. The molecule has 3 heterocycles. The smallest absolute Gasteiger partial charge is 0.234 e. The monoisotopic (exact) mass is 306 g/mol. The van der Waals surface area contributed by atoms with Crippen LogP contribution in [0.1, 0.15) is 38.5 Å². The molecule has 1 atom stereocenters. The van der Waals surface area contributed by atoms with E-state index >= 15 is 0 Å². The van der Waals surface area contributed by atoms with Gasteiger partial charge in [0.15, 0.2) is 0 Å². The van der Waals surface area contributed by atoms with Crippen molar-refractivity contribution in [2.45, 2.75) is 38.0 Å². The zero-order chi connectivity index (χ0) is 14.7. The van der Waals surface area contributed by atoms with Crippen LogP contribution in [0.4, 0.5) is 0 Å². The van der Waals surface area contributed by atoms with E-state index in [0.29, 0.717) is 16.5 Å². The fourth-order valence-corrected chi connectivity index (χ4v) is 3.11. The van der Waals surface area contributed by atoms with E-state index in [1.807, 2.05) is 6.07 Å². The fraction of sp³-hybridized carbons (Fsp3) is 0.533. The van der Waals surface area contributed by atoms with E-state index in [9.17, 15) is 0 Å². The second-order valence-corrected chi connectivity index (χ2v) is 6.03. The van der Waals surface area contributed by atoms with Gasteiger partial charge in [-0.15, -0.1) is 0 Å². The maximum Gasteiger partial charge on any atom is 0.234 e. The van der Waals surface area contributed by atoms with Gasteiger partial charge in [-0.2, -0.15) is 4.98 Å². The molecule has 6 heteroatoms. The van der Waals surface area contributed by atoms with Crippen LogP contribution in [0, 0.1) is 0 Å². The van der Waals surface area contributed by atoms with Crippen LogP contribution in [-0.4, -0.2) is 28.2 Å². The lowest BCUT2D eigenvalue weighted by Crippen LogP contribution is -2.43. The number of hydrogen-bond donors (Lipinski definition) is 1. The van der Waals surface area contributed by atoms with Gasteiger partial charge in [-0.05, 0) is 37.9 Å². The number of piperidine rings is 1. The molecule has 1 aliphatic heterocycles. The number of rotatable bonds is 4. The molecule has 2 aromatic heterocycles. The third kappa shape index (κ3) is 2.94. The first-order valence-corrected chi connectivity index (χ1v) is 7.78. The minimum Gasteiger partial charge on any atom is -0.338 e. The highest BCUT2D eigenvalue weighted by Gasteiger charge is 2.38.